The molecule has 1 aromatic carbocycles. The van der Waals surface area contributed by atoms with Crippen LogP contribution >= 0.6 is 0 Å². The Bertz CT molecular complexity index is 889. The summed E-state index contributed by atoms with van der Waals surface area (Å²) in [5, 5.41) is 6.41. The average molecular weight is 338 g/mol. The Balaban J connectivity index is 1.81. The van der Waals surface area contributed by atoms with Crippen LogP contribution in [0.4, 0.5) is 11.4 Å². The first kappa shape index (κ1) is 15.9. The number of carbonyl (C=O) groups excluding carboxylic acids is 1. The van der Waals surface area contributed by atoms with Gasteiger partial charge in [0.05, 0.1) is 17.1 Å². The van der Waals surface area contributed by atoms with Crippen molar-refractivity contribution in [3.63, 3.8) is 0 Å². The molecule has 1 aromatic heterocycles. The number of carbonyl (C=O) groups is 1. The zero-order valence-corrected chi connectivity index (χ0v) is 14.6. The van der Waals surface area contributed by atoms with E-state index in [1.807, 2.05) is 18.2 Å². The van der Waals surface area contributed by atoms with Gasteiger partial charge in [-0.1, -0.05) is 12.1 Å². The van der Waals surface area contributed by atoms with Crippen molar-refractivity contribution in [2.75, 3.05) is 22.9 Å². The third-order valence-corrected chi connectivity index (χ3v) is 5.43. The number of nitrogens with one attached hydrogen (secondary N) is 1. The van der Waals surface area contributed by atoms with E-state index < -0.39 is 5.56 Å². The van der Waals surface area contributed by atoms with Gasteiger partial charge >= 0.3 is 0 Å². The molecule has 1 amide bonds. The number of para-hydroxylation sites is 2. The minimum Gasteiger partial charge on any atom is -0.365 e. The second kappa shape index (κ2) is 6.02. The number of hydrogen-bond acceptors (Lipinski definition) is 4. The number of aromatic nitrogens is 2. The smallest absolute Gasteiger partial charge is 0.277 e. The summed E-state index contributed by atoms with van der Waals surface area (Å²) >= 11 is 0. The van der Waals surface area contributed by atoms with Gasteiger partial charge in [-0.2, -0.15) is 5.10 Å². The molecular weight excluding hydrogens is 316 g/mol. The third-order valence-electron chi connectivity index (χ3n) is 5.43. The van der Waals surface area contributed by atoms with Crippen LogP contribution in [0.15, 0.2) is 29.1 Å². The van der Waals surface area contributed by atoms with Gasteiger partial charge in [0, 0.05) is 19.1 Å². The molecule has 25 heavy (non-hydrogen) atoms. The van der Waals surface area contributed by atoms with Crippen molar-refractivity contribution in [3.05, 3.63) is 51.4 Å². The standard InChI is InChI=1S/C19H22N4O2/c1-12-13(2)20-21-18(24)17(12)19(25)23-11-14-7-5-6-10-22(14)15-8-3-4-9-16(15)23/h3-4,8-9,14H,5-7,10-11H2,1-2H3,(H,21,24)/t14-/m1/s1. The molecule has 1 saturated heterocycles. The molecule has 4 rings (SSSR count). The maximum atomic E-state index is 13.3. The van der Waals surface area contributed by atoms with Crippen LogP contribution in [0.1, 0.15) is 40.9 Å². The molecular formula is C19H22N4O2. The molecule has 1 atom stereocenters. The minimum absolute atomic E-state index is 0.201. The molecule has 130 valence electrons. The van der Waals surface area contributed by atoms with Gasteiger partial charge in [0.2, 0.25) is 0 Å². The summed E-state index contributed by atoms with van der Waals surface area (Å²) in [6.07, 6.45) is 3.43. The number of H-pyrrole nitrogens is 1. The van der Waals surface area contributed by atoms with Gasteiger partial charge in [-0.3, -0.25) is 9.59 Å². The Kier molecular flexibility index (Phi) is 3.82. The molecule has 2 aromatic rings. The Morgan fingerprint density at radius 1 is 1.20 bits per heavy atom. The topological polar surface area (TPSA) is 69.3 Å². The lowest BCUT2D eigenvalue weighted by Crippen LogP contribution is -2.53. The zero-order chi connectivity index (χ0) is 17.6. The molecule has 1 N–H and O–H groups in total. The minimum atomic E-state index is -0.420. The number of hydrogen-bond donors (Lipinski definition) is 1. The van der Waals surface area contributed by atoms with E-state index in [0.29, 0.717) is 23.8 Å². The maximum absolute atomic E-state index is 13.3. The van der Waals surface area contributed by atoms with Crippen molar-refractivity contribution >= 4 is 17.3 Å². The second-order valence-electron chi connectivity index (χ2n) is 6.89. The lowest BCUT2D eigenvalue weighted by molar-refractivity contribution is 0.0980. The average Bonchev–Trinajstić information content (AvgIpc) is 2.64. The van der Waals surface area contributed by atoms with Crippen molar-refractivity contribution in [2.45, 2.75) is 39.2 Å². The van der Waals surface area contributed by atoms with Gasteiger partial charge in [-0.25, -0.2) is 5.10 Å². The first-order chi connectivity index (χ1) is 12.1. The molecule has 0 aliphatic carbocycles. The van der Waals surface area contributed by atoms with Gasteiger partial charge in [0.15, 0.2) is 0 Å². The lowest BCUT2D eigenvalue weighted by atomic mass is 9.96. The maximum Gasteiger partial charge on any atom is 0.277 e. The first-order valence-corrected chi connectivity index (χ1v) is 8.81. The summed E-state index contributed by atoms with van der Waals surface area (Å²) in [7, 11) is 0. The highest BCUT2D eigenvalue weighted by Crippen LogP contribution is 2.39. The number of aromatic amines is 1. The SMILES string of the molecule is Cc1n[nH]c(=O)c(C(=O)N2C[C@H]3CCCCN3c3ccccc32)c1C. The third kappa shape index (κ3) is 2.52. The van der Waals surface area contributed by atoms with Crippen molar-refractivity contribution in [3.8, 4) is 0 Å². The summed E-state index contributed by atoms with van der Waals surface area (Å²) in [5.41, 5.74) is 3.08. The number of benzene rings is 1. The Morgan fingerprint density at radius 2 is 1.96 bits per heavy atom. The van der Waals surface area contributed by atoms with E-state index in [2.05, 4.69) is 21.2 Å². The molecule has 0 radical (unpaired) electrons. The van der Waals surface area contributed by atoms with E-state index in [1.165, 1.54) is 12.8 Å². The summed E-state index contributed by atoms with van der Waals surface area (Å²) in [5.74, 6) is -0.234. The summed E-state index contributed by atoms with van der Waals surface area (Å²) in [6, 6.07) is 8.30. The van der Waals surface area contributed by atoms with Crippen LogP contribution in [0.25, 0.3) is 0 Å². The fourth-order valence-corrected chi connectivity index (χ4v) is 3.96. The van der Waals surface area contributed by atoms with Gasteiger partial charge in [0.1, 0.15) is 5.56 Å². The fourth-order valence-electron chi connectivity index (χ4n) is 3.96. The Labute approximate surface area is 146 Å². The van der Waals surface area contributed by atoms with Crippen LogP contribution in [0, 0.1) is 13.8 Å². The molecule has 1 fully saturated rings. The van der Waals surface area contributed by atoms with Crippen molar-refractivity contribution in [2.24, 2.45) is 0 Å². The van der Waals surface area contributed by atoms with Gasteiger partial charge in [-0.05, 0) is 50.8 Å². The van der Waals surface area contributed by atoms with E-state index in [9.17, 15) is 9.59 Å². The van der Waals surface area contributed by atoms with Crippen LogP contribution < -0.4 is 15.4 Å². The number of fused-ring (bicyclic) bond motifs is 3. The lowest BCUT2D eigenvalue weighted by Gasteiger charge is -2.46. The quantitative estimate of drug-likeness (QED) is 0.867. The molecule has 0 spiro atoms. The molecule has 2 aliphatic heterocycles. The van der Waals surface area contributed by atoms with E-state index in [-0.39, 0.29) is 11.5 Å². The predicted molar refractivity (Wildman–Crippen MR) is 97.4 cm³/mol. The summed E-state index contributed by atoms with van der Waals surface area (Å²) < 4.78 is 0. The highest BCUT2D eigenvalue weighted by atomic mass is 16.2. The molecule has 0 unspecified atom stereocenters. The van der Waals surface area contributed by atoms with Crippen LogP contribution in [0.3, 0.4) is 0 Å². The zero-order valence-electron chi connectivity index (χ0n) is 14.6. The highest BCUT2D eigenvalue weighted by molar-refractivity contribution is 6.09. The number of aryl methyl sites for hydroxylation is 1. The Hall–Kier alpha value is -2.63. The number of amides is 1. The summed E-state index contributed by atoms with van der Waals surface area (Å²) in [4.78, 5) is 29.8. The molecule has 6 heteroatoms. The largest absolute Gasteiger partial charge is 0.365 e. The van der Waals surface area contributed by atoms with E-state index in [0.717, 1.165) is 24.3 Å². The van der Waals surface area contributed by atoms with Gasteiger partial charge in [-0.15, -0.1) is 0 Å². The van der Waals surface area contributed by atoms with E-state index >= 15 is 0 Å². The molecule has 2 aliphatic rings. The fraction of sp³-hybridized carbons (Fsp3) is 0.421. The van der Waals surface area contributed by atoms with Gasteiger partial charge in [0.25, 0.3) is 11.5 Å². The number of anilines is 2. The molecule has 3 heterocycles. The number of piperidine rings is 1. The van der Waals surface area contributed by atoms with E-state index in [4.69, 9.17) is 0 Å². The normalized spacial score (nSPS) is 19.4. The van der Waals surface area contributed by atoms with Crippen molar-refractivity contribution < 1.29 is 4.79 Å². The number of nitrogens with zero attached hydrogens (tertiary/aromatic N) is 3. The monoisotopic (exact) mass is 338 g/mol. The highest BCUT2D eigenvalue weighted by Gasteiger charge is 2.36. The van der Waals surface area contributed by atoms with Crippen LogP contribution in [0.2, 0.25) is 0 Å². The molecule has 0 bridgehead atoms. The number of rotatable bonds is 1. The van der Waals surface area contributed by atoms with Gasteiger partial charge < -0.3 is 9.80 Å². The van der Waals surface area contributed by atoms with Crippen molar-refractivity contribution in [1.82, 2.24) is 10.2 Å². The first-order valence-electron chi connectivity index (χ1n) is 8.81. The Morgan fingerprint density at radius 3 is 2.76 bits per heavy atom. The molecule has 6 nitrogen and oxygen atoms in total. The van der Waals surface area contributed by atoms with Crippen LogP contribution in [0.5, 0.6) is 0 Å². The molecule has 0 saturated carbocycles. The van der Waals surface area contributed by atoms with Crippen LogP contribution in [-0.2, 0) is 0 Å². The van der Waals surface area contributed by atoms with Crippen molar-refractivity contribution in [1.29, 1.82) is 0 Å². The second-order valence-corrected chi connectivity index (χ2v) is 6.89. The predicted octanol–water partition coefficient (Wildman–Crippen LogP) is 2.41. The summed E-state index contributed by atoms with van der Waals surface area (Å²) in [6.45, 7) is 5.23. The van der Waals surface area contributed by atoms with E-state index in [1.54, 1.807) is 18.7 Å². The van der Waals surface area contributed by atoms with Crippen LogP contribution in [-0.4, -0.2) is 35.2 Å².